The minimum Gasteiger partial charge on any atom is -0.330 e. The number of unbranched alkanes of at least 4 members (excludes halogenated alkanes) is 3. The number of imidazole rings is 1. The molecule has 2 aromatic rings. The number of benzene rings is 1. The lowest BCUT2D eigenvalue weighted by molar-refractivity contribution is -0.128. The normalized spacial score (nSPS) is 10.7. The molecule has 5 nitrogen and oxygen atoms in total. The maximum Gasteiger partial charge on any atom is 0.220 e. The van der Waals surface area contributed by atoms with Gasteiger partial charge in [-0.3, -0.25) is 4.79 Å². The van der Waals surface area contributed by atoms with Gasteiger partial charge >= 0.3 is 0 Å². The zero-order valence-electron chi connectivity index (χ0n) is 14.4. The molecule has 2 N–H and O–H groups in total. The van der Waals surface area contributed by atoms with Crippen LogP contribution in [-0.2, 0) is 17.9 Å². The van der Waals surface area contributed by atoms with E-state index in [0.717, 1.165) is 55.6 Å². The molecular formula is C19H26N4O. The van der Waals surface area contributed by atoms with Gasteiger partial charge in [0.2, 0.25) is 5.91 Å². The summed E-state index contributed by atoms with van der Waals surface area (Å²) in [6.45, 7) is 3.92. The molecule has 0 fully saturated rings. The summed E-state index contributed by atoms with van der Waals surface area (Å²) in [5.74, 6) is 3.40. The van der Waals surface area contributed by atoms with Gasteiger partial charge in [-0.25, -0.2) is 4.98 Å². The van der Waals surface area contributed by atoms with Gasteiger partial charge in [-0.05, 0) is 31.5 Å². The van der Waals surface area contributed by atoms with Crippen LogP contribution in [0.5, 0.6) is 0 Å². The van der Waals surface area contributed by atoms with Crippen molar-refractivity contribution >= 4 is 16.9 Å². The van der Waals surface area contributed by atoms with Crippen LogP contribution in [0.2, 0.25) is 0 Å². The highest BCUT2D eigenvalue weighted by molar-refractivity contribution is 5.76. The van der Waals surface area contributed by atoms with Crippen molar-refractivity contribution in [2.45, 2.75) is 45.7 Å². The molecule has 0 bridgehead atoms. The lowest BCUT2D eigenvalue weighted by Crippen LogP contribution is -2.30. The molecule has 5 heteroatoms. The third kappa shape index (κ3) is 4.59. The number of nitrogens with two attached hydrogens (primary N) is 1. The third-order valence-electron chi connectivity index (χ3n) is 4.13. The molecule has 24 heavy (non-hydrogen) atoms. The zero-order valence-corrected chi connectivity index (χ0v) is 14.4. The van der Waals surface area contributed by atoms with Gasteiger partial charge < -0.3 is 15.2 Å². The van der Waals surface area contributed by atoms with Gasteiger partial charge in [0.1, 0.15) is 5.82 Å². The predicted molar refractivity (Wildman–Crippen MR) is 97.2 cm³/mol. The number of hydrogen-bond donors (Lipinski definition) is 1. The Bertz CT molecular complexity index is 714. The molecule has 0 atom stereocenters. The molecule has 0 unspecified atom stereocenters. The van der Waals surface area contributed by atoms with Crippen LogP contribution in [0.25, 0.3) is 11.0 Å². The minimum absolute atomic E-state index is 0.0329. The fraction of sp³-hybridized carbons (Fsp3) is 0.474. The summed E-state index contributed by atoms with van der Waals surface area (Å²) in [5, 5.41) is 0. The van der Waals surface area contributed by atoms with Crippen molar-refractivity contribution in [3.63, 3.8) is 0 Å². The predicted octanol–water partition coefficient (Wildman–Crippen LogP) is 2.54. The first kappa shape index (κ1) is 18.0. The third-order valence-corrected chi connectivity index (χ3v) is 4.13. The monoisotopic (exact) mass is 326 g/mol. The Balaban J connectivity index is 2.19. The standard InChI is InChI=1S/C19H26N4O/c1-3-13-22(16(2)24)15-19-21-17-10-6-7-11-18(17)23(19)14-9-5-4-8-12-20/h1,6-7,10-11H,4-5,8-9,12-15,20H2,2H3. The van der Waals surface area contributed by atoms with Crippen LogP contribution in [0.1, 0.15) is 38.4 Å². The van der Waals surface area contributed by atoms with E-state index < -0.39 is 0 Å². The molecule has 0 saturated heterocycles. The number of nitrogens with zero attached hydrogens (tertiary/aromatic N) is 3. The quantitative estimate of drug-likeness (QED) is 0.569. The fourth-order valence-electron chi connectivity index (χ4n) is 2.82. The Kier molecular flexibility index (Phi) is 6.83. The first-order valence-electron chi connectivity index (χ1n) is 8.50. The van der Waals surface area contributed by atoms with Crippen molar-refractivity contribution in [2.75, 3.05) is 13.1 Å². The number of amides is 1. The van der Waals surface area contributed by atoms with E-state index >= 15 is 0 Å². The summed E-state index contributed by atoms with van der Waals surface area (Å²) in [7, 11) is 0. The Morgan fingerprint density at radius 3 is 2.75 bits per heavy atom. The van der Waals surface area contributed by atoms with Crippen molar-refractivity contribution in [2.24, 2.45) is 5.73 Å². The van der Waals surface area contributed by atoms with Crippen LogP contribution >= 0.6 is 0 Å². The Hall–Kier alpha value is -2.32. The molecule has 1 aromatic heterocycles. The Morgan fingerprint density at radius 2 is 2.04 bits per heavy atom. The van der Waals surface area contributed by atoms with Crippen molar-refractivity contribution < 1.29 is 4.79 Å². The molecule has 128 valence electrons. The van der Waals surface area contributed by atoms with Crippen molar-refractivity contribution in [1.82, 2.24) is 14.5 Å². The second-order valence-corrected chi connectivity index (χ2v) is 5.95. The second kappa shape index (κ2) is 9.09. The largest absolute Gasteiger partial charge is 0.330 e. The molecule has 0 aliphatic carbocycles. The number of carbonyl (C=O) groups is 1. The second-order valence-electron chi connectivity index (χ2n) is 5.95. The topological polar surface area (TPSA) is 64.2 Å². The highest BCUT2D eigenvalue weighted by atomic mass is 16.2. The van der Waals surface area contributed by atoms with Crippen LogP contribution in [0.4, 0.5) is 0 Å². The number of terminal acetylenes is 1. The van der Waals surface area contributed by atoms with E-state index in [1.807, 2.05) is 18.2 Å². The molecule has 1 heterocycles. The van der Waals surface area contributed by atoms with Crippen molar-refractivity contribution in [1.29, 1.82) is 0 Å². The van der Waals surface area contributed by atoms with E-state index in [2.05, 4.69) is 16.6 Å². The Labute approximate surface area is 143 Å². The molecule has 2 rings (SSSR count). The minimum atomic E-state index is -0.0329. The molecule has 0 aliphatic heterocycles. The van der Waals surface area contributed by atoms with Crippen molar-refractivity contribution in [3.8, 4) is 12.3 Å². The number of fused-ring (bicyclic) bond motifs is 1. The lowest BCUT2D eigenvalue weighted by atomic mass is 10.2. The number of rotatable bonds is 9. The van der Waals surface area contributed by atoms with Crippen LogP contribution in [-0.4, -0.2) is 33.4 Å². The van der Waals surface area contributed by atoms with Crippen LogP contribution in [0.15, 0.2) is 24.3 Å². The molecule has 0 radical (unpaired) electrons. The highest BCUT2D eigenvalue weighted by Gasteiger charge is 2.15. The van der Waals surface area contributed by atoms with Crippen LogP contribution < -0.4 is 5.73 Å². The molecule has 0 saturated carbocycles. The van der Waals surface area contributed by atoms with E-state index in [-0.39, 0.29) is 5.91 Å². The van der Waals surface area contributed by atoms with Gasteiger partial charge in [-0.2, -0.15) is 0 Å². The van der Waals surface area contributed by atoms with Gasteiger partial charge in [-0.1, -0.05) is 30.9 Å². The summed E-state index contributed by atoms with van der Waals surface area (Å²) < 4.78 is 2.21. The van der Waals surface area contributed by atoms with E-state index in [1.54, 1.807) is 4.90 Å². The first-order chi connectivity index (χ1) is 11.7. The van der Waals surface area contributed by atoms with E-state index in [0.29, 0.717) is 13.1 Å². The summed E-state index contributed by atoms with van der Waals surface area (Å²) in [4.78, 5) is 18.1. The highest BCUT2D eigenvalue weighted by Crippen LogP contribution is 2.18. The number of carbonyl (C=O) groups excluding carboxylic acids is 1. The lowest BCUT2D eigenvalue weighted by Gasteiger charge is -2.19. The van der Waals surface area contributed by atoms with Gasteiger partial charge in [-0.15, -0.1) is 6.42 Å². The molecule has 0 spiro atoms. The maximum atomic E-state index is 11.8. The van der Waals surface area contributed by atoms with Gasteiger partial charge in [0.25, 0.3) is 0 Å². The summed E-state index contributed by atoms with van der Waals surface area (Å²) in [6, 6.07) is 8.08. The summed E-state index contributed by atoms with van der Waals surface area (Å²) in [5.41, 5.74) is 7.61. The first-order valence-corrected chi connectivity index (χ1v) is 8.50. The smallest absolute Gasteiger partial charge is 0.220 e. The number of aromatic nitrogens is 2. The van der Waals surface area contributed by atoms with E-state index in [1.165, 1.54) is 6.92 Å². The number of para-hydroxylation sites is 2. The van der Waals surface area contributed by atoms with E-state index in [4.69, 9.17) is 17.1 Å². The average molecular weight is 326 g/mol. The van der Waals surface area contributed by atoms with Crippen LogP contribution in [0, 0.1) is 12.3 Å². The Morgan fingerprint density at radius 1 is 1.29 bits per heavy atom. The van der Waals surface area contributed by atoms with Crippen molar-refractivity contribution in [3.05, 3.63) is 30.1 Å². The van der Waals surface area contributed by atoms with Crippen LogP contribution in [0.3, 0.4) is 0 Å². The number of hydrogen-bond acceptors (Lipinski definition) is 3. The van der Waals surface area contributed by atoms with Gasteiger partial charge in [0.05, 0.1) is 24.1 Å². The molecule has 1 aromatic carbocycles. The summed E-state index contributed by atoms with van der Waals surface area (Å²) >= 11 is 0. The SMILES string of the molecule is C#CCN(Cc1nc2ccccc2n1CCCCCCN)C(C)=O. The fourth-order valence-corrected chi connectivity index (χ4v) is 2.82. The zero-order chi connectivity index (χ0) is 17.4. The molecule has 0 aliphatic rings. The average Bonchev–Trinajstić information content (AvgIpc) is 2.92. The molecule has 1 amide bonds. The molecular weight excluding hydrogens is 300 g/mol. The maximum absolute atomic E-state index is 11.8. The number of aryl methyl sites for hydroxylation is 1. The van der Waals surface area contributed by atoms with Gasteiger partial charge in [0, 0.05) is 13.5 Å². The summed E-state index contributed by atoms with van der Waals surface area (Å²) in [6.07, 6.45) is 9.81. The van der Waals surface area contributed by atoms with E-state index in [9.17, 15) is 4.79 Å². The van der Waals surface area contributed by atoms with Gasteiger partial charge in [0.15, 0.2) is 0 Å².